The summed E-state index contributed by atoms with van der Waals surface area (Å²) < 4.78 is 25.7. The lowest BCUT2D eigenvalue weighted by Crippen LogP contribution is -2.48. The van der Waals surface area contributed by atoms with Gasteiger partial charge in [-0.3, -0.25) is 10.2 Å². The third kappa shape index (κ3) is 7.54. The minimum absolute atomic E-state index is 0.0224. The van der Waals surface area contributed by atoms with Crippen LogP contribution in [0.4, 0.5) is 9.18 Å². The molecule has 4 aromatic carbocycles. The summed E-state index contributed by atoms with van der Waals surface area (Å²) in [5.41, 5.74) is 11.7. The molecule has 4 aromatic rings. The largest absolute Gasteiger partial charge is 0.492 e. The molecule has 0 spiro atoms. The van der Waals surface area contributed by atoms with Crippen LogP contribution in [0.5, 0.6) is 5.75 Å². The van der Waals surface area contributed by atoms with Crippen LogP contribution in [-0.4, -0.2) is 41.5 Å². The van der Waals surface area contributed by atoms with Gasteiger partial charge in [0.1, 0.15) is 17.2 Å². The van der Waals surface area contributed by atoms with E-state index in [0.717, 1.165) is 28.5 Å². The maximum Gasteiger partial charge on any atom is 0.422 e. The van der Waals surface area contributed by atoms with E-state index in [1.54, 1.807) is 25.8 Å². The molecule has 0 saturated heterocycles. The van der Waals surface area contributed by atoms with E-state index in [1.165, 1.54) is 6.07 Å². The number of benzene rings is 4. The van der Waals surface area contributed by atoms with Gasteiger partial charge in [0, 0.05) is 18.5 Å². The van der Waals surface area contributed by atoms with Crippen molar-refractivity contribution in [1.82, 2.24) is 10.4 Å². The van der Waals surface area contributed by atoms with Gasteiger partial charge in [-0.2, -0.15) is 0 Å². The Morgan fingerprint density at radius 2 is 1.48 bits per heavy atom. The predicted molar refractivity (Wildman–Crippen MR) is 180 cm³/mol. The molecule has 0 radical (unpaired) electrons. The van der Waals surface area contributed by atoms with Crippen LogP contribution < -0.4 is 15.9 Å². The van der Waals surface area contributed by atoms with E-state index < -0.39 is 34.2 Å². The first-order valence-corrected chi connectivity index (χ1v) is 16.4. The molecule has 1 aliphatic rings. The zero-order valence-electron chi connectivity index (χ0n) is 26.4. The minimum atomic E-state index is -0.779. The fraction of sp³-hybridized carbons (Fsp3) is 0.297. The summed E-state index contributed by atoms with van der Waals surface area (Å²) in [6.45, 7) is 6.07. The van der Waals surface area contributed by atoms with Gasteiger partial charge in [0.05, 0.1) is 23.0 Å². The Labute approximate surface area is 274 Å². The Morgan fingerprint density at radius 3 is 1.98 bits per heavy atom. The Balaban J connectivity index is 1.45. The quantitative estimate of drug-likeness (QED) is 0.0995. The van der Waals surface area contributed by atoms with Crippen LogP contribution in [0.25, 0.3) is 0 Å². The van der Waals surface area contributed by atoms with Crippen molar-refractivity contribution in [1.29, 1.82) is 0 Å². The van der Waals surface area contributed by atoms with Gasteiger partial charge in [0.25, 0.3) is 5.91 Å². The van der Waals surface area contributed by atoms with Crippen LogP contribution >= 0.6 is 11.8 Å². The van der Waals surface area contributed by atoms with E-state index in [0.29, 0.717) is 24.9 Å². The average Bonchev–Trinajstić information content (AvgIpc) is 3.04. The van der Waals surface area contributed by atoms with Crippen molar-refractivity contribution in [3.63, 3.8) is 0 Å². The van der Waals surface area contributed by atoms with E-state index in [1.807, 2.05) is 30.0 Å². The first-order valence-electron chi connectivity index (χ1n) is 15.4. The van der Waals surface area contributed by atoms with Gasteiger partial charge in [-0.25, -0.2) is 14.2 Å². The summed E-state index contributed by atoms with van der Waals surface area (Å²) in [6.07, 6.45) is 0.505. The second-order valence-corrected chi connectivity index (χ2v) is 13.5. The smallest absolute Gasteiger partial charge is 0.422 e. The average molecular weight is 642 g/mol. The van der Waals surface area contributed by atoms with Gasteiger partial charge < -0.3 is 15.2 Å². The molecule has 0 bridgehead atoms. The molecule has 46 heavy (non-hydrogen) atoms. The summed E-state index contributed by atoms with van der Waals surface area (Å²) in [6, 6.07) is 33.3. The first-order chi connectivity index (χ1) is 22.1. The highest BCUT2D eigenvalue weighted by molar-refractivity contribution is 8.00. The number of primary amides is 1. The SMILES string of the molecule is CC(C)(C)OC(=O)NN(CCCSC(c1ccccc1)(c1ccccc1)c1ccccc1)C1CCOc2c(C(N)=O)cc(F)cc21. The number of hydrogen-bond donors (Lipinski definition) is 2. The van der Waals surface area contributed by atoms with Crippen molar-refractivity contribution in [3.05, 3.63) is 137 Å². The number of ether oxygens (including phenoxy) is 2. The summed E-state index contributed by atoms with van der Waals surface area (Å²) in [5, 5.41) is 1.77. The van der Waals surface area contributed by atoms with Crippen molar-refractivity contribution in [3.8, 4) is 5.75 Å². The van der Waals surface area contributed by atoms with E-state index in [-0.39, 0.29) is 17.9 Å². The first kappa shape index (κ1) is 33.0. The molecule has 240 valence electrons. The lowest BCUT2D eigenvalue weighted by molar-refractivity contribution is 0.0185. The second-order valence-electron chi connectivity index (χ2n) is 12.2. The van der Waals surface area contributed by atoms with Crippen LogP contribution in [0.3, 0.4) is 0 Å². The maximum atomic E-state index is 14.8. The molecule has 1 unspecified atom stereocenters. The highest BCUT2D eigenvalue weighted by Gasteiger charge is 2.37. The number of carbonyl (C=O) groups is 2. The fourth-order valence-electron chi connectivity index (χ4n) is 5.89. The Hall–Kier alpha value is -4.34. The van der Waals surface area contributed by atoms with Crippen molar-refractivity contribution in [2.45, 2.75) is 50.0 Å². The van der Waals surface area contributed by atoms with Crippen LogP contribution in [0.1, 0.15) is 72.3 Å². The topological polar surface area (TPSA) is 93.9 Å². The van der Waals surface area contributed by atoms with Gasteiger partial charge in [0.2, 0.25) is 0 Å². The van der Waals surface area contributed by atoms with E-state index in [9.17, 15) is 14.0 Å². The van der Waals surface area contributed by atoms with Crippen molar-refractivity contribution >= 4 is 23.8 Å². The number of nitrogens with one attached hydrogen (secondary N) is 1. The molecule has 2 amide bonds. The Morgan fingerprint density at radius 1 is 0.935 bits per heavy atom. The number of nitrogens with zero attached hydrogens (tertiary/aromatic N) is 1. The van der Waals surface area contributed by atoms with Gasteiger partial charge in [0.15, 0.2) is 0 Å². The molecule has 7 nitrogen and oxygen atoms in total. The summed E-state index contributed by atoms with van der Waals surface area (Å²) >= 11 is 1.82. The highest BCUT2D eigenvalue weighted by Crippen LogP contribution is 2.48. The molecule has 1 aliphatic heterocycles. The number of amides is 2. The monoisotopic (exact) mass is 641 g/mol. The summed E-state index contributed by atoms with van der Waals surface area (Å²) in [4.78, 5) is 25.2. The zero-order chi connectivity index (χ0) is 32.7. The number of carbonyl (C=O) groups excluding carboxylic acids is 2. The lowest BCUT2D eigenvalue weighted by Gasteiger charge is -2.37. The third-order valence-corrected chi connectivity index (χ3v) is 9.39. The molecule has 0 aliphatic carbocycles. The molecule has 9 heteroatoms. The molecule has 0 saturated carbocycles. The van der Waals surface area contributed by atoms with Crippen LogP contribution in [-0.2, 0) is 9.48 Å². The number of nitrogens with two attached hydrogens (primary N) is 1. The molecular weight excluding hydrogens is 601 g/mol. The normalized spacial score (nSPS) is 14.7. The maximum absolute atomic E-state index is 14.8. The van der Waals surface area contributed by atoms with E-state index in [4.69, 9.17) is 15.2 Å². The van der Waals surface area contributed by atoms with Crippen LogP contribution in [0, 0.1) is 5.82 Å². The molecule has 0 aromatic heterocycles. The summed E-state index contributed by atoms with van der Waals surface area (Å²) in [7, 11) is 0. The number of fused-ring (bicyclic) bond motifs is 1. The number of rotatable bonds is 11. The second kappa shape index (κ2) is 14.4. The molecule has 1 heterocycles. The molecule has 5 rings (SSSR count). The summed E-state index contributed by atoms with van der Waals surface area (Å²) in [5.74, 6) is -0.420. The van der Waals surface area contributed by atoms with Gasteiger partial charge in [-0.1, -0.05) is 91.0 Å². The van der Waals surface area contributed by atoms with E-state index >= 15 is 0 Å². The number of thioether (sulfide) groups is 1. The van der Waals surface area contributed by atoms with Gasteiger partial charge in [-0.05, 0) is 61.8 Å². The fourth-order valence-corrected chi connectivity index (χ4v) is 7.38. The molecule has 3 N–H and O–H groups in total. The van der Waals surface area contributed by atoms with Gasteiger partial charge in [-0.15, -0.1) is 11.8 Å². The number of hydrazine groups is 1. The molecular formula is C37H40FN3O4S. The minimum Gasteiger partial charge on any atom is -0.492 e. The molecule has 1 atom stereocenters. The highest BCUT2D eigenvalue weighted by atomic mass is 32.2. The van der Waals surface area contributed by atoms with Crippen molar-refractivity contribution in [2.75, 3.05) is 18.9 Å². The Kier molecular flexibility index (Phi) is 10.3. The number of hydrogen-bond acceptors (Lipinski definition) is 6. The van der Waals surface area contributed by atoms with Crippen molar-refractivity contribution < 1.29 is 23.5 Å². The zero-order valence-corrected chi connectivity index (χ0v) is 27.2. The standard InChI is InChI=1S/C37H40FN3O4S/c1-36(2,3)45-35(43)40-41(32-20-22-44-33-30(32)24-29(38)25-31(33)34(39)42)21-13-23-46-37(26-14-7-4-8-15-26,27-16-9-5-10-17-27)28-18-11-6-12-19-28/h4-12,14-19,24-25,32H,13,20-23H2,1-3H3,(H2,39,42)(H,40,43). The molecule has 0 fully saturated rings. The number of halogens is 1. The van der Waals surface area contributed by atoms with E-state index in [2.05, 4.69) is 78.2 Å². The van der Waals surface area contributed by atoms with Crippen LogP contribution in [0.2, 0.25) is 0 Å². The Bertz CT molecular complexity index is 1530. The lowest BCUT2D eigenvalue weighted by atomic mass is 9.84. The van der Waals surface area contributed by atoms with Crippen molar-refractivity contribution in [2.24, 2.45) is 5.73 Å². The predicted octanol–water partition coefficient (Wildman–Crippen LogP) is 7.61. The van der Waals surface area contributed by atoms with Crippen LogP contribution in [0.15, 0.2) is 103 Å². The van der Waals surface area contributed by atoms with Gasteiger partial charge >= 0.3 is 6.09 Å². The third-order valence-electron chi connectivity index (χ3n) is 7.76.